The molecule has 0 bridgehead atoms. The van der Waals surface area contributed by atoms with E-state index in [1.807, 2.05) is 11.9 Å². The van der Waals surface area contributed by atoms with Gasteiger partial charge in [-0.25, -0.2) is 4.79 Å². The van der Waals surface area contributed by atoms with Crippen LogP contribution in [-0.4, -0.2) is 29.1 Å². The highest BCUT2D eigenvalue weighted by molar-refractivity contribution is 5.85. The van der Waals surface area contributed by atoms with E-state index < -0.39 is 5.97 Å². The van der Waals surface area contributed by atoms with Crippen LogP contribution in [0.15, 0.2) is 10.7 Å². The molecule has 0 unspecified atom stereocenters. The second kappa shape index (κ2) is 4.55. The zero-order valence-electron chi connectivity index (χ0n) is 9.35. The summed E-state index contributed by atoms with van der Waals surface area (Å²) in [6, 6.07) is 0.832. The van der Waals surface area contributed by atoms with E-state index in [1.165, 1.54) is 25.5 Å². The van der Waals surface area contributed by atoms with Gasteiger partial charge in [-0.2, -0.15) is 4.98 Å². The lowest BCUT2D eigenvalue weighted by Crippen LogP contribution is -2.33. The maximum Gasteiger partial charge on any atom is 0.357 e. The molecule has 1 aromatic heterocycles. The third-order valence-electron chi connectivity index (χ3n) is 3.14. The smallest absolute Gasteiger partial charge is 0.357 e. The zero-order chi connectivity index (χ0) is 11.5. The number of carboxylic acids is 1. The van der Waals surface area contributed by atoms with E-state index in [0.29, 0.717) is 12.1 Å². The highest BCUT2D eigenvalue weighted by Gasteiger charge is 2.22. The van der Waals surface area contributed by atoms with E-state index in [9.17, 15) is 4.79 Å². The van der Waals surface area contributed by atoms with Gasteiger partial charge < -0.3 is 14.4 Å². The summed E-state index contributed by atoms with van der Waals surface area (Å²) in [5.41, 5.74) is -0.0299. The van der Waals surface area contributed by atoms with Crippen LogP contribution in [0.3, 0.4) is 0 Å². The van der Waals surface area contributed by atoms with Crippen LogP contribution in [0.1, 0.15) is 42.6 Å². The number of oxazole rings is 1. The van der Waals surface area contributed by atoms with Gasteiger partial charge in [0.15, 0.2) is 5.69 Å². The molecular formula is C11H16N2O3. The third kappa shape index (κ3) is 2.18. The molecule has 1 fully saturated rings. The van der Waals surface area contributed by atoms with E-state index in [2.05, 4.69) is 4.98 Å². The van der Waals surface area contributed by atoms with Crippen molar-refractivity contribution in [3.8, 4) is 0 Å². The number of hydrogen-bond acceptors (Lipinski definition) is 4. The lowest BCUT2D eigenvalue weighted by atomic mass is 9.95. The summed E-state index contributed by atoms with van der Waals surface area (Å²) >= 11 is 0. The Morgan fingerprint density at radius 1 is 1.50 bits per heavy atom. The summed E-state index contributed by atoms with van der Waals surface area (Å²) < 4.78 is 5.17. The minimum absolute atomic E-state index is 0.0299. The van der Waals surface area contributed by atoms with Crippen LogP contribution < -0.4 is 4.90 Å². The maximum absolute atomic E-state index is 10.7. The predicted octanol–water partition coefficient (Wildman–Crippen LogP) is 2.14. The van der Waals surface area contributed by atoms with Crippen LogP contribution in [0, 0.1) is 0 Å². The van der Waals surface area contributed by atoms with E-state index in [-0.39, 0.29) is 5.69 Å². The first kappa shape index (κ1) is 11.0. The minimum Gasteiger partial charge on any atom is -0.476 e. The lowest BCUT2D eigenvalue weighted by Gasteiger charge is -2.29. The molecule has 0 spiro atoms. The molecule has 1 saturated carbocycles. The molecule has 0 atom stereocenters. The fraction of sp³-hybridized carbons (Fsp3) is 0.636. The molecule has 1 aromatic rings. The van der Waals surface area contributed by atoms with Crippen LogP contribution in [-0.2, 0) is 0 Å². The predicted molar refractivity (Wildman–Crippen MR) is 58.7 cm³/mol. The number of rotatable bonds is 3. The second-order valence-electron chi connectivity index (χ2n) is 4.22. The first-order valence-corrected chi connectivity index (χ1v) is 5.60. The number of aromatic carboxylic acids is 1. The monoisotopic (exact) mass is 224 g/mol. The molecule has 0 aliphatic heterocycles. The molecule has 0 saturated heterocycles. The van der Waals surface area contributed by atoms with Crippen molar-refractivity contribution >= 4 is 12.0 Å². The molecule has 88 valence electrons. The average Bonchev–Trinajstić information content (AvgIpc) is 2.78. The zero-order valence-corrected chi connectivity index (χ0v) is 9.35. The van der Waals surface area contributed by atoms with Gasteiger partial charge in [-0.1, -0.05) is 19.3 Å². The molecule has 1 heterocycles. The summed E-state index contributed by atoms with van der Waals surface area (Å²) in [4.78, 5) is 16.6. The van der Waals surface area contributed by atoms with Gasteiger partial charge in [0.25, 0.3) is 6.01 Å². The second-order valence-corrected chi connectivity index (χ2v) is 4.22. The number of carbonyl (C=O) groups is 1. The fourth-order valence-corrected chi connectivity index (χ4v) is 2.15. The minimum atomic E-state index is -1.05. The summed E-state index contributed by atoms with van der Waals surface area (Å²) in [5.74, 6) is -1.05. The molecule has 5 heteroatoms. The van der Waals surface area contributed by atoms with E-state index in [4.69, 9.17) is 9.52 Å². The van der Waals surface area contributed by atoms with Gasteiger partial charge in [-0.05, 0) is 12.8 Å². The number of carboxylic acid groups (broad SMARTS) is 1. The Morgan fingerprint density at radius 3 is 2.75 bits per heavy atom. The quantitative estimate of drug-likeness (QED) is 0.852. The largest absolute Gasteiger partial charge is 0.476 e. The van der Waals surface area contributed by atoms with E-state index >= 15 is 0 Å². The van der Waals surface area contributed by atoms with Gasteiger partial charge >= 0.3 is 5.97 Å². The van der Waals surface area contributed by atoms with Crippen molar-refractivity contribution in [2.75, 3.05) is 11.9 Å². The van der Waals surface area contributed by atoms with Crippen molar-refractivity contribution in [2.24, 2.45) is 0 Å². The molecule has 5 nitrogen and oxygen atoms in total. The molecular weight excluding hydrogens is 208 g/mol. The Balaban J connectivity index is 2.07. The van der Waals surface area contributed by atoms with Gasteiger partial charge in [0, 0.05) is 13.1 Å². The van der Waals surface area contributed by atoms with Crippen molar-refractivity contribution in [2.45, 2.75) is 38.1 Å². The number of aromatic nitrogens is 1. The van der Waals surface area contributed by atoms with Crippen LogP contribution in [0.5, 0.6) is 0 Å². The third-order valence-corrected chi connectivity index (χ3v) is 3.14. The summed E-state index contributed by atoms with van der Waals surface area (Å²) in [6.45, 7) is 0. The fourth-order valence-electron chi connectivity index (χ4n) is 2.15. The van der Waals surface area contributed by atoms with Crippen LogP contribution in [0.4, 0.5) is 6.01 Å². The number of anilines is 1. The van der Waals surface area contributed by atoms with Gasteiger partial charge in [-0.15, -0.1) is 0 Å². The highest BCUT2D eigenvalue weighted by Crippen LogP contribution is 2.25. The van der Waals surface area contributed by atoms with Crippen LogP contribution >= 0.6 is 0 Å². The Bertz CT molecular complexity index is 369. The van der Waals surface area contributed by atoms with E-state index in [1.54, 1.807) is 0 Å². The van der Waals surface area contributed by atoms with Crippen molar-refractivity contribution in [3.63, 3.8) is 0 Å². The summed E-state index contributed by atoms with van der Waals surface area (Å²) in [6.07, 6.45) is 7.18. The molecule has 1 aliphatic carbocycles. The molecule has 16 heavy (non-hydrogen) atoms. The van der Waals surface area contributed by atoms with Gasteiger partial charge in [0.05, 0.1) is 0 Å². The molecule has 0 aromatic carbocycles. The first-order chi connectivity index (χ1) is 7.68. The lowest BCUT2D eigenvalue weighted by molar-refractivity contribution is 0.0690. The first-order valence-electron chi connectivity index (χ1n) is 5.60. The molecule has 2 rings (SSSR count). The summed E-state index contributed by atoms with van der Waals surface area (Å²) in [5, 5.41) is 8.75. The molecule has 0 amide bonds. The Morgan fingerprint density at radius 2 is 2.19 bits per heavy atom. The Kier molecular flexibility index (Phi) is 3.12. The Labute approximate surface area is 94.1 Å². The van der Waals surface area contributed by atoms with E-state index in [0.717, 1.165) is 12.8 Å². The highest BCUT2D eigenvalue weighted by atomic mass is 16.4. The van der Waals surface area contributed by atoms with Gasteiger partial charge in [0.1, 0.15) is 6.26 Å². The SMILES string of the molecule is CN(c1nc(C(=O)O)co1)C1CCCCC1. The maximum atomic E-state index is 10.7. The Hall–Kier alpha value is -1.52. The molecule has 1 N–H and O–H groups in total. The number of nitrogens with zero attached hydrogens (tertiary/aromatic N) is 2. The van der Waals surface area contributed by atoms with Gasteiger partial charge in [-0.3, -0.25) is 0 Å². The standard InChI is InChI=1S/C11H16N2O3/c1-13(8-5-3-2-4-6-8)11-12-9(7-16-11)10(14)15/h7-8H,2-6H2,1H3,(H,14,15). The van der Waals surface area contributed by atoms with Crippen molar-refractivity contribution < 1.29 is 14.3 Å². The topological polar surface area (TPSA) is 66.6 Å². The van der Waals surface area contributed by atoms with Gasteiger partial charge in [0.2, 0.25) is 0 Å². The van der Waals surface area contributed by atoms with Crippen LogP contribution in [0.25, 0.3) is 0 Å². The molecule has 1 aliphatic rings. The average molecular weight is 224 g/mol. The number of hydrogen-bond donors (Lipinski definition) is 1. The normalized spacial score (nSPS) is 17.3. The summed E-state index contributed by atoms with van der Waals surface area (Å²) in [7, 11) is 1.91. The van der Waals surface area contributed by atoms with Crippen molar-refractivity contribution in [3.05, 3.63) is 12.0 Å². The van der Waals surface area contributed by atoms with Crippen LogP contribution in [0.2, 0.25) is 0 Å². The van der Waals surface area contributed by atoms with Crippen molar-refractivity contribution in [1.82, 2.24) is 4.98 Å². The molecule has 0 radical (unpaired) electrons. The van der Waals surface area contributed by atoms with Crippen molar-refractivity contribution in [1.29, 1.82) is 0 Å².